The largest absolute Gasteiger partial charge is 0.444 e. The van der Waals surface area contributed by atoms with Crippen molar-refractivity contribution in [3.05, 3.63) is 9.98 Å². The molecule has 78 valence electrons. The Bertz CT molecular complexity index is 332. The molecule has 0 saturated carbocycles. The van der Waals surface area contributed by atoms with Crippen LogP contribution in [0.3, 0.4) is 0 Å². The summed E-state index contributed by atoms with van der Waals surface area (Å²) in [5.41, 5.74) is 0.143. The Labute approximate surface area is 94.9 Å². The van der Waals surface area contributed by atoms with Crippen LogP contribution in [0.4, 0.5) is 10.5 Å². The monoisotopic (exact) mass is 278 g/mol. The number of carbonyl (C=O) groups is 1. The third-order valence-electron chi connectivity index (χ3n) is 1.16. The molecule has 1 aromatic heterocycles. The molecule has 0 aromatic carbocycles. The third kappa shape index (κ3) is 3.63. The Morgan fingerprint density at radius 2 is 2.29 bits per heavy atom. The van der Waals surface area contributed by atoms with E-state index in [1.54, 1.807) is 6.20 Å². The molecule has 0 aliphatic heterocycles. The second-order valence-electron chi connectivity index (χ2n) is 3.64. The molecule has 0 atom stereocenters. The maximum absolute atomic E-state index is 11.3. The number of anilines is 1. The predicted molar refractivity (Wildman–Crippen MR) is 59.7 cm³/mol. The van der Waals surface area contributed by atoms with Gasteiger partial charge in [-0.15, -0.1) is 0 Å². The van der Waals surface area contributed by atoms with Crippen molar-refractivity contribution in [2.75, 3.05) is 5.32 Å². The number of amides is 1. The van der Waals surface area contributed by atoms with Crippen molar-refractivity contribution >= 4 is 39.2 Å². The van der Waals surface area contributed by atoms with Crippen LogP contribution in [-0.2, 0) is 4.74 Å². The standard InChI is InChI=1S/C8H11BrN2O2S/c1-8(2,3)13-7(12)11-5-4-10-14-6(5)9/h4H,1-3H3,(H,11,12). The molecule has 0 radical (unpaired) electrons. The van der Waals surface area contributed by atoms with Crippen molar-refractivity contribution in [3.63, 3.8) is 0 Å². The topological polar surface area (TPSA) is 51.2 Å². The molecular formula is C8H11BrN2O2S. The van der Waals surface area contributed by atoms with Crippen molar-refractivity contribution < 1.29 is 9.53 Å². The molecule has 0 bridgehead atoms. The highest BCUT2D eigenvalue weighted by molar-refractivity contribution is 9.11. The molecule has 0 fully saturated rings. The van der Waals surface area contributed by atoms with Crippen LogP contribution in [0.5, 0.6) is 0 Å². The van der Waals surface area contributed by atoms with Gasteiger partial charge in [0.2, 0.25) is 0 Å². The first-order valence-electron chi connectivity index (χ1n) is 3.98. The Kier molecular flexibility index (Phi) is 3.49. The molecule has 6 heteroatoms. The number of halogens is 1. The third-order valence-corrected chi connectivity index (χ3v) is 2.61. The van der Waals surface area contributed by atoms with Crippen LogP contribution in [0.25, 0.3) is 0 Å². The fourth-order valence-corrected chi connectivity index (χ4v) is 1.63. The van der Waals surface area contributed by atoms with Gasteiger partial charge in [-0.25, -0.2) is 4.79 Å². The lowest BCUT2D eigenvalue weighted by atomic mass is 10.2. The van der Waals surface area contributed by atoms with Gasteiger partial charge in [0, 0.05) is 0 Å². The van der Waals surface area contributed by atoms with Gasteiger partial charge in [0.05, 0.1) is 11.9 Å². The van der Waals surface area contributed by atoms with E-state index in [-0.39, 0.29) is 0 Å². The summed E-state index contributed by atoms with van der Waals surface area (Å²) in [4.78, 5) is 11.3. The Morgan fingerprint density at radius 1 is 1.64 bits per heavy atom. The van der Waals surface area contributed by atoms with E-state index >= 15 is 0 Å². The summed E-state index contributed by atoms with van der Waals surface area (Å²) in [5.74, 6) is 0. The predicted octanol–water partition coefficient (Wildman–Crippen LogP) is 3.25. The second kappa shape index (κ2) is 4.27. The second-order valence-corrected chi connectivity index (χ2v) is 5.76. The Hall–Kier alpha value is -0.620. The summed E-state index contributed by atoms with van der Waals surface area (Å²) < 4.78 is 9.75. The molecule has 1 aromatic rings. The number of ether oxygens (including phenoxy) is 1. The number of aromatic nitrogens is 1. The van der Waals surface area contributed by atoms with Crippen molar-refractivity contribution in [2.45, 2.75) is 26.4 Å². The van der Waals surface area contributed by atoms with Gasteiger partial charge in [-0.05, 0) is 48.2 Å². The Morgan fingerprint density at radius 3 is 2.71 bits per heavy atom. The van der Waals surface area contributed by atoms with Crippen LogP contribution in [0, 0.1) is 0 Å². The number of rotatable bonds is 1. The van der Waals surface area contributed by atoms with Gasteiger partial charge in [-0.1, -0.05) is 0 Å². The van der Waals surface area contributed by atoms with Gasteiger partial charge >= 0.3 is 6.09 Å². The molecule has 1 N–H and O–H groups in total. The average molecular weight is 279 g/mol. The zero-order chi connectivity index (χ0) is 10.8. The molecule has 0 spiro atoms. The van der Waals surface area contributed by atoms with Gasteiger partial charge in [0.1, 0.15) is 9.39 Å². The molecule has 0 saturated heterocycles. The quantitative estimate of drug-likeness (QED) is 0.858. The van der Waals surface area contributed by atoms with Gasteiger partial charge in [-0.3, -0.25) is 5.32 Å². The molecule has 0 aliphatic rings. The van der Waals surface area contributed by atoms with E-state index in [9.17, 15) is 4.79 Å². The van der Waals surface area contributed by atoms with Crippen LogP contribution in [0.15, 0.2) is 9.98 Å². The van der Waals surface area contributed by atoms with E-state index in [1.807, 2.05) is 20.8 Å². The van der Waals surface area contributed by atoms with Crippen molar-refractivity contribution in [3.8, 4) is 0 Å². The highest BCUT2D eigenvalue weighted by Crippen LogP contribution is 2.26. The Balaban J connectivity index is 2.54. The zero-order valence-corrected chi connectivity index (χ0v) is 10.5. The summed E-state index contributed by atoms with van der Waals surface area (Å²) in [5, 5.41) is 2.59. The first-order chi connectivity index (χ1) is 6.38. The summed E-state index contributed by atoms with van der Waals surface area (Å²) in [7, 11) is 0. The molecule has 14 heavy (non-hydrogen) atoms. The molecular weight excluding hydrogens is 268 g/mol. The van der Waals surface area contributed by atoms with E-state index in [2.05, 4.69) is 25.6 Å². The fourth-order valence-electron chi connectivity index (χ4n) is 0.720. The summed E-state index contributed by atoms with van der Waals surface area (Å²) in [6, 6.07) is 0. The minimum atomic E-state index is -0.486. The fraction of sp³-hybridized carbons (Fsp3) is 0.500. The van der Waals surface area contributed by atoms with Gasteiger partial charge in [0.15, 0.2) is 0 Å². The van der Waals surface area contributed by atoms with Gasteiger partial charge < -0.3 is 4.74 Å². The number of hydrogen-bond acceptors (Lipinski definition) is 4. The number of nitrogens with zero attached hydrogens (tertiary/aromatic N) is 1. The molecule has 1 rings (SSSR count). The van der Waals surface area contributed by atoms with Crippen LogP contribution >= 0.6 is 27.5 Å². The highest BCUT2D eigenvalue weighted by atomic mass is 79.9. The lowest BCUT2D eigenvalue weighted by molar-refractivity contribution is 0.0636. The first-order valence-corrected chi connectivity index (χ1v) is 5.55. The maximum atomic E-state index is 11.3. The van der Waals surface area contributed by atoms with Crippen molar-refractivity contribution in [1.29, 1.82) is 0 Å². The molecule has 1 amide bonds. The summed E-state index contributed by atoms with van der Waals surface area (Å²) in [6.45, 7) is 5.44. The number of nitrogens with one attached hydrogen (secondary N) is 1. The zero-order valence-electron chi connectivity index (χ0n) is 8.13. The minimum Gasteiger partial charge on any atom is -0.444 e. The number of carbonyl (C=O) groups excluding carboxylic acids is 1. The van der Waals surface area contributed by atoms with Crippen LogP contribution in [0.2, 0.25) is 0 Å². The summed E-state index contributed by atoms with van der Waals surface area (Å²) in [6.07, 6.45) is 1.09. The lowest BCUT2D eigenvalue weighted by Gasteiger charge is -2.19. The normalized spacial score (nSPS) is 11.1. The van der Waals surface area contributed by atoms with Gasteiger partial charge in [-0.2, -0.15) is 4.37 Å². The number of hydrogen-bond donors (Lipinski definition) is 1. The first kappa shape index (κ1) is 11.5. The highest BCUT2D eigenvalue weighted by Gasteiger charge is 2.17. The van der Waals surface area contributed by atoms with E-state index in [0.717, 1.165) is 3.79 Å². The SMILES string of the molecule is CC(C)(C)OC(=O)Nc1cnsc1Br. The molecule has 0 aliphatic carbocycles. The molecule has 1 heterocycles. The van der Waals surface area contributed by atoms with Crippen LogP contribution in [-0.4, -0.2) is 16.1 Å². The van der Waals surface area contributed by atoms with E-state index in [1.165, 1.54) is 11.5 Å². The van der Waals surface area contributed by atoms with E-state index in [4.69, 9.17) is 4.74 Å². The van der Waals surface area contributed by atoms with Crippen molar-refractivity contribution in [2.24, 2.45) is 0 Å². The average Bonchev–Trinajstić information content (AvgIpc) is 2.32. The molecule has 0 unspecified atom stereocenters. The van der Waals surface area contributed by atoms with Crippen LogP contribution < -0.4 is 5.32 Å². The van der Waals surface area contributed by atoms with E-state index < -0.39 is 11.7 Å². The maximum Gasteiger partial charge on any atom is 0.412 e. The van der Waals surface area contributed by atoms with Crippen LogP contribution in [0.1, 0.15) is 20.8 Å². The minimum absolute atomic E-state index is 0.474. The smallest absolute Gasteiger partial charge is 0.412 e. The van der Waals surface area contributed by atoms with Crippen molar-refractivity contribution in [1.82, 2.24) is 4.37 Å². The summed E-state index contributed by atoms with van der Waals surface area (Å²) >= 11 is 4.52. The lowest BCUT2D eigenvalue weighted by Crippen LogP contribution is -2.27. The molecule has 4 nitrogen and oxygen atoms in total. The van der Waals surface area contributed by atoms with E-state index in [0.29, 0.717) is 5.69 Å². The van der Waals surface area contributed by atoms with Gasteiger partial charge in [0.25, 0.3) is 0 Å².